The molecule has 42 heavy (non-hydrogen) atoms. The summed E-state index contributed by atoms with van der Waals surface area (Å²) in [6.45, 7) is 1.90. The molecule has 1 saturated carbocycles. The third kappa shape index (κ3) is 7.33. The van der Waals surface area contributed by atoms with Crippen molar-refractivity contribution >= 4 is 34.5 Å². The molecule has 3 aromatic rings. The number of imidazole rings is 1. The highest BCUT2D eigenvalue weighted by molar-refractivity contribution is 5.99. The summed E-state index contributed by atoms with van der Waals surface area (Å²) in [6, 6.07) is 11.8. The van der Waals surface area contributed by atoms with Gasteiger partial charge in [0.2, 0.25) is 11.8 Å². The zero-order chi connectivity index (χ0) is 29.6. The van der Waals surface area contributed by atoms with Gasteiger partial charge in [0.25, 0.3) is 5.91 Å². The summed E-state index contributed by atoms with van der Waals surface area (Å²) in [5, 5.41) is 8.36. The van der Waals surface area contributed by atoms with E-state index in [2.05, 4.69) is 25.9 Å². The third-order valence-electron chi connectivity index (χ3n) is 7.93. The minimum atomic E-state index is -0.990. The molecule has 2 aliphatic rings. The van der Waals surface area contributed by atoms with E-state index in [0.717, 1.165) is 31.2 Å². The molecule has 2 aromatic carbocycles. The first-order valence-electron chi connectivity index (χ1n) is 14.5. The highest BCUT2D eigenvalue weighted by Gasteiger charge is 2.39. The van der Waals surface area contributed by atoms with Crippen molar-refractivity contribution < 1.29 is 28.7 Å². The molecule has 0 bridgehead atoms. The van der Waals surface area contributed by atoms with Crippen LogP contribution in [0.25, 0.3) is 11.0 Å². The van der Waals surface area contributed by atoms with Crippen LogP contribution >= 0.6 is 0 Å². The number of methoxy groups -OCH3 is 1. The predicted molar refractivity (Wildman–Crippen MR) is 155 cm³/mol. The number of fused-ring (bicyclic) bond motifs is 1. The van der Waals surface area contributed by atoms with Gasteiger partial charge in [-0.05, 0) is 49.1 Å². The number of H-pyrrole nitrogens is 1. The lowest BCUT2D eigenvalue weighted by Gasteiger charge is -2.25. The summed E-state index contributed by atoms with van der Waals surface area (Å²) in [6.07, 6.45) is 4.53. The van der Waals surface area contributed by atoms with E-state index in [1.165, 1.54) is 6.92 Å². The molecule has 0 spiro atoms. The summed E-state index contributed by atoms with van der Waals surface area (Å²) >= 11 is 0. The Kier molecular flexibility index (Phi) is 9.16. The van der Waals surface area contributed by atoms with Crippen LogP contribution in [-0.4, -0.2) is 71.4 Å². The Bertz CT molecular complexity index is 1390. The van der Waals surface area contributed by atoms with Gasteiger partial charge < -0.3 is 30.4 Å². The number of nitrogens with one attached hydrogen (secondary N) is 4. The summed E-state index contributed by atoms with van der Waals surface area (Å²) in [5.41, 5.74) is 2.13. The largest absolute Gasteiger partial charge is 0.497 e. The standard InChI is InChI=1S/C31H37N5O6/c1-18(32-31(40)28-33-22-9-5-6-10-23(22)34-28)29(38)36-25(16-20-11-13-21(41-2)14-12-20)30(39)35-24(27(37)26-17-42-26)15-19-7-3-4-8-19/h5-6,9-14,18-19,24-26H,3-4,7-8,15-17H2,1-2H3,(H,32,40)(H,33,34)(H,35,39)(H,36,38)/t18-,24+,25+,26-/m1/s1. The summed E-state index contributed by atoms with van der Waals surface area (Å²) in [5.74, 6) is -0.574. The van der Waals surface area contributed by atoms with Gasteiger partial charge in [-0.2, -0.15) is 0 Å². The molecule has 1 aliphatic carbocycles. The smallest absolute Gasteiger partial charge is 0.287 e. The molecule has 1 aliphatic heterocycles. The topological polar surface area (TPSA) is 155 Å². The number of carbonyl (C=O) groups is 4. The van der Waals surface area contributed by atoms with Crippen molar-refractivity contribution in [3.05, 3.63) is 59.9 Å². The van der Waals surface area contributed by atoms with Gasteiger partial charge in [0.1, 0.15) is 23.9 Å². The second kappa shape index (κ2) is 13.2. The molecule has 0 unspecified atom stereocenters. The van der Waals surface area contributed by atoms with Crippen LogP contribution in [0.2, 0.25) is 0 Å². The molecule has 5 rings (SSSR count). The monoisotopic (exact) mass is 575 g/mol. The molecule has 0 radical (unpaired) electrons. The van der Waals surface area contributed by atoms with E-state index in [9.17, 15) is 19.2 Å². The molecular weight excluding hydrogens is 538 g/mol. The maximum absolute atomic E-state index is 13.7. The fourth-order valence-corrected chi connectivity index (χ4v) is 5.43. The van der Waals surface area contributed by atoms with Crippen LogP contribution in [0.4, 0.5) is 0 Å². The average Bonchev–Trinajstić information content (AvgIpc) is 3.54. The number of hydrogen-bond donors (Lipinski definition) is 4. The zero-order valence-electron chi connectivity index (χ0n) is 23.9. The number of carbonyl (C=O) groups excluding carboxylic acids is 4. The first kappa shape index (κ1) is 29.2. The van der Waals surface area contributed by atoms with Crippen LogP contribution < -0.4 is 20.7 Å². The van der Waals surface area contributed by atoms with Crippen molar-refractivity contribution in [1.82, 2.24) is 25.9 Å². The Morgan fingerprint density at radius 2 is 1.67 bits per heavy atom. The van der Waals surface area contributed by atoms with Gasteiger partial charge in [-0.1, -0.05) is 49.9 Å². The van der Waals surface area contributed by atoms with Crippen LogP contribution in [0, 0.1) is 5.92 Å². The highest BCUT2D eigenvalue weighted by Crippen LogP contribution is 2.30. The predicted octanol–water partition coefficient (Wildman–Crippen LogP) is 2.45. The third-order valence-corrected chi connectivity index (χ3v) is 7.93. The number of rotatable bonds is 13. The zero-order valence-corrected chi connectivity index (χ0v) is 23.9. The van der Waals surface area contributed by atoms with Gasteiger partial charge in [0.05, 0.1) is 30.8 Å². The quantitative estimate of drug-likeness (QED) is 0.228. The van der Waals surface area contributed by atoms with Crippen LogP contribution in [-0.2, 0) is 25.5 Å². The first-order valence-corrected chi connectivity index (χ1v) is 14.5. The lowest BCUT2D eigenvalue weighted by molar-refractivity contribution is -0.132. The second-order valence-corrected chi connectivity index (χ2v) is 11.1. The van der Waals surface area contributed by atoms with E-state index >= 15 is 0 Å². The number of benzene rings is 2. The number of aromatic amines is 1. The van der Waals surface area contributed by atoms with Gasteiger partial charge in [-0.3, -0.25) is 19.2 Å². The Labute approximate surface area is 244 Å². The fourth-order valence-electron chi connectivity index (χ4n) is 5.43. The SMILES string of the molecule is COc1ccc(C[C@H](NC(=O)[C@@H](C)NC(=O)c2nc3ccccc3[nH]2)C(=O)N[C@@H](CC2CCCC2)C(=O)[C@H]2CO2)cc1. The Hall–Kier alpha value is -4.25. The van der Waals surface area contributed by atoms with Crippen LogP contribution in [0.15, 0.2) is 48.5 Å². The summed E-state index contributed by atoms with van der Waals surface area (Å²) < 4.78 is 10.5. The number of epoxide rings is 1. The molecule has 1 saturated heterocycles. The van der Waals surface area contributed by atoms with Crippen molar-refractivity contribution in [1.29, 1.82) is 0 Å². The van der Waals surface area contributed by atoms with E-state index in [4.69, 9.17) is 9.47 Å². The van der Waals surface area contributed by atoms with E-state index < -0.39 is 42.0 Å². The van der Waals surface area contributed by atoms with Gasteiger partial charge in [0.15, 0.2) is 11.6 Å². The number of hydrogen-bond acceptors (Lipinski definition) is 7. The van der Waals surface area contributed by atoms with Crippen molar-refractivity contribution in [3.63, 3.8) is 0 Å². The van der Waals surface area contributed by atoms with E-state index in [0.29, 0.717) is 35.7 Å². The normalized spacial score (nSPS) is 18.6. The number of amides is 3. The average molecular weight is 576 g/mol. The van der Waals surface area contributed by atoms with Crippen LogP contribution in [0.5, 0.6) is 5.75 Å². The van der Waals surface area contributed by atoms with Crippen molar-refractivity contribution in [2.24, 2.45) is 5.92 Å². The van der Waals surface area contributed by atoms with Crippen LogP contribution in [0.3, 0.4) is 0 Å². The van der Waals surface area contributed by atoms with Crippen molar-refractivity contribution in [2.75, 3.05) is 13.7 Å². The van der Waals surface area contributed by atoms with Gasteiger partial charge in [0, 0.05) is 6.42 Å². The molecule has 222 valence electrons. The molecule has 4 N–H and O–H groups in total. The van der Waals surface area contributed by atoms with Gasteiger partial charge in [-0.15, -0.1) is 0 Å². The summed E-state index contributed by atoms with van der Waals surface area (Å²) in [7, 11) is 1.57. The fraction of sp³-hybridized carbons (Fsp3) is 0.452. The molecule has 2 heterocycles. The lowest BCUT2D eigenvalue weighted by atomic mass is 9.94. The molecule has 1 aromatic heterocycles. The molecule has 11 nitrogen and oxygen atoms in total. The Morgan fingerprint density at radius 3 is 2.33 bits per heavy atom. The maximum Gasteiger partial charge on any atom is 0.287 e. The number of nitrogens with zero attached hydrogens (tertiary/aromatic N) is 1. The Morgan fingerprint density at radius 1 is 0.976 bits per heavy atom. The molecule has 11 heteroatoms. The second-order valence-electron chi connectivity index (χ2n) is 11.1. The number of ketones is 1. The van der Waals surface area contributed by atoms with Gasteiger partial charge >= 0.3 is 0 Å². The highest BCUT2D eigenvalue weighted by atomic mass is 16.6. The minimum absolute atomic E-state index is 0.0823. The van der Waals surface area contributed by atoms with E-state index in [1.807, 2.05) is 24.3 Å². The number of ether oxygens (including phenoxy) is 2. The molecule has 4 atom stereocenters. The molecular formula is C31H37N5O6. The lowest BCUT2D eigenvalue weighted by Crippen LogP contribution is -2.56. The molecule has 2 fully saturated rings. The number of aromatic nitrogens is 2. The number of Topliss-reactive ketones (excluding diaryl/α,β-unsaturated/α-hetero) is 1. The minimum Gasteiger partial charge on any atom is -0.497 e. The summed E-state index contributed by atoms with van der Waals surface area (Å²) in [4.78, 5) is 60.0. The van der Waals surface area contributed by atoms with Crippen molar-refractivity contribution in [2.45, 2.75) is 69.7 Å². The van der Waals surface area contributed by atoms with Crippen LogP contribution in [0.1, 0.15) is 55.2 Å². The first-order chi connectivity index (χ1) is 20.3. The van der Waals surface area contributed by atoms with E-state index in [-0.39, 0.29) is 18.0 Å². The number of para-hydroxylation sites is 2. The molecule has 3 amide bonds. The van der Waals surface area contributed by atoms with Gasteiger partial charge in [-0.25, -0.2) is 4.98 Å². The van der Waals surface area contributed by atoms with Crippen molar-refractivity contribution in [3.8, 4) is 5.75 Å². The maximum atomic E-state index is 13.7. The Balaban J connectivity index is 1.28. The van der Waals surface area contributed by atoms with E-state index in [1.54, 1.807) is 31.4 Å².